The van der Waals surface area contributed by atoms with Gasteiger partial charge in [0.2, 0.25) is 11.8 Å². The first kappa shape index (κ1) is 39.3. The van der Waals surface area contributed by atoms with Crippen molar-refractivity contribution in [3.05, 3.63) is 0 Å². The number of aliphatic hydroxyl groups is 3. The van der Waals surface area contributed by atoms with Crippen LogP contribution in [0, 0.1) is 5.92 Å². The number of unbranched alkanes of at least 4 members (excludes halogenated alkanes) is 3. The number of hydrogen-bond donors (Lipinski definition) is 6. The van der Waals surface area contributed by atoms with Crippen molar-refractivity contribution in [3.8, 4) is 0 Å². The van der Waals surface area contributed by atoms with E-state index < -0.39 is 55.1 Å². The molecular formula is C29H55N3O11. The second-order valence-electron chi connectivity index (χ2n) is 10.8. The van der Waals surface area contributed by atoms with Gasteiger partial charge in [-0.15, -0.1) is 0 Å². The molecule has 0 saturated carbocycles. The number of nitrogens with one attached hydrogen (secondary N) is 2. The van der Waals surface area contributed by atoms with Crippen molar-refractivity contribution in [2.45, 2.75) is 102 Å². The maximum Gasteiger partial charge on any atom is 0.246 e. The third-order valence-corrected chi connectivity index (χ3v) is 7.18. The Hall–Kier alpha value is -1.75. The Morgan fingerprint density at radius 1 is 0.860 bits per heavy atom. The Balaban J connectivity index is 2.23. The first-order valence-corrected chi connectivity index (χ1v) is 15.4. The molecule has 1 fully saturated rings. The van der Waals surface area contributed by atoms with Gasteiger partial charge in [0.1, 0.15) is 24.9 Å². The molecule has 0 bridgehead atoms. The highest BCUT2D eigenvalue weighted by Gasteiger charge is 2.42. The lowest BCUT2D eigenvalue weighted by atomic mass is 9.92. The van der Waals surface area contributed by atoms with E-state index in [0.717, 1.165) is 32.1 Å². The third kappa shape index (κ3) is 16.2. The Morgan fingerprint density at radius 2 is 1.47 bits per heavy atom. The molecule has 1 heterocycles. The number of aliphatic hydroxyl groups excluding tert-OH is 3. The van der Waals surface area contributed by atoms with Crippen molar-refractivity contribution >= 4 is 17.6 Å². The molecule has 14 nitrogen and oxygen atoms in total. The summed E-state index contributed by atoms with van der Waals surface area (Å²) < 4.78 is 27.3. The summed E-state index contributed by atoms with van der Waals surface area (Å²) in [5.41, 5.74) is 5.53. The van der Waals surface area contributed by atoms with Gasteiger partial charge in [-0.3, -0.25) is 14.4 Å². The van der Waals surface area contributed by atoms with E-state index in [-0.39, 0.29) is 44.7 Å². The van der Waals surface area contributed by atoms with Crippen LogP contribution in [0.25, 0.3) is 0 Å². The van der Waals surface area contributed by atoms with E-state index in [1.807, 2.05) is 0 Å². The van der Waals surface area contributed by atoms with Crippen molar-refractivity contribution in [1.82, 2.24) is 10.6 Å². The second kappa shape index (κ2) is 23.6. The highest BCUT2D eigenvalue weighted by molar-refractivity contribution is 5.92. The molecule has 0 aromatic carbocycles. The molecule has 0 spiro atoms. The second-order valence-corrected chi connectivity index (χ2v) is 10.8. The minimum Gasteiger partial charge on any atom is -0.394 e. The molecule has 1 rings (SSSR count). The molecule has 0 aromatic heterocycles. The Bertz CT molecular complexity index is 774. The molecule has 7 N–H and O–H groups in total. The van der Waals surface area contributed by atoms with Crippen LogP contribution < -0.4 is 16.4 Å². The molecule has 14 heteroatoms. The third-order valence-electron chi connectivity index (χ3n) is 7.18. The fraction of sp³-hybridized carbons (Fsp3) is 0.897. The van der Waals surface area contributed by atoms with Crippen molar-refractivity contribution < 1.29 is 53.4 Å². The van der Waals surface area contributed by atoms with Crippen LogP contribution in [-0.2, 0) is 38.1 Å². The van der Waals surface area contributed by atoms with E-state index in [1.165, 1.54) is 6.92 Å². The molecule has 2 amide bonds. The summed E-state index contributed by atoms with van der Waals surface area (Å²) in [5, 5.41) is 34.7. The SMILES string of the molecule is CCCCC[C@H](NC(=O)COCCOCCOCCO[C@@H]1O[C@H](CO)[C@H](O)[C@H](O)[C@H]1C)C(=O)NC(CCCCN)C(C)=O. The number of carbonyl (C=O) groups is 3. The first-order valence-electron chi connectivity index (χ1n) is 15.4. The van der Waals surface area contributed by atoms with Crippen molar-refractivity contribution in [2.75, 3.05) is 59.4 Å². The van der Waals surface area contributed by atoms with Crippen LogP contribution in [0.4, 0.5) is 0 Å². The van der Waals surface area contributed by atoms with E-state index in [2.05, 4.69) is 17.6 Å². The van der Waals surface area contributed by atoms with Gasteiger partial charge in [0, 0.05) is 5.92 Å². The van der Waals surface area contributed by atoms with Crippen LogP contribution >= 0.6 is 0 Å². The van der Waals surface area contributed by atoms with Gasteiger partial charge in [-0.1, -0.05) is 33.1 Å². The number of ketones is 1. The fourth-order valence-corrected chi connectivity index (χ4v) is 4.48. The van der Waals surface area contributed by atoms with Gasteiger partial charge >= 0.3 is 0 Å². The number of hydrogen-bond acceptors (Lipinski definition) is 12. The number of amides is 2. The number of Topliss-reactive ketones (excluding diaryl/α,β-unsaturated/α-hetero) is 1. The molecule has 7 atom stereocenters. The molecule has 1 aliphatic heterocycles. The molecule has 0 radical (unpaired) electrons. The normalized spacial score (nSPS) is 23.5. The van der Waals surface area contributed by atoms with Gasteiger partial charge in [-0.05, 0) is 39.2 Å². The van der Waals surface area contributed by atoms with Crippen molar-refractivity contribution in [3.63, 3.8) is 0 Å². The summed E-state index contributed by atoms with van der Waals surface area (Å²) in [6, 6.07) is -1.36. The largest absolute Gasteiger partial charge is 0.394 e. The number of rotatable bonds is 25. The van der Waals surface area contributed by atoms with E-state index in [1.54, 1.807) is 6.92 Å². The van der Waals surface area contributed by atoms with Gasteiger partial charge in [-0.25, -0.2) is 0 Å². The lowest BCUT2D eigenvalue weighted by molar-refractivity contribution is -0.284. The van der Waals surface area contributed by atoms with Gasteiger partial charge in [-0.2, -0.15) is 0 Å². The zero-order chi connectivity index (χ0) is 32.0. The van der Waals surface area contributed by atoms with Crippen LogP contribution in [0.2, 0.25) is 0 Å². The lowest BCUT2D eigenvalue weighted by Gasteiger charge is -2.40. The predicted octanol–water partition coefficient (Wildman–Crippen LogP) is -0.604. The van der Waals surface area contributed by atoms with Gasteiger partial charge < -0.3 is 55.4 Å². The smallest absolute Gasteiger partial charge is 0.246 e. The highest BCUT2D eigenvalue weighted by atomic mass is 16.7. The Labute approximate surface area is 255 Å². The van der Waals surface area contributed by atoms with Gasteiger partial charge in [0.25, 0.3) is 0 Å². The van der Waals surface area contributed by atoms with Crippen LogP contribution in [0.1, 0.15) is 65.7 Å². The topological polar surface area (TPSA) is 208 Å². The monoisotopic (exact) mass is 621 g/mol. The fourth-order valence-electron chi connectivity index (χ4n) is 4.48. The van der Waals surface area contributed by atoms with Crippen molar-refractivity contribution in [1.29, 1.82) is 0 Å². The van der Waals surface area contributed by atoms with Crippen LogP contribution in [0.5, 0.6) is 0 Å². The quantitative estimate of drug-likeness (QED) is 0.0706. The summed E-state index contributed by atoms with van der Waals surface area (Å²) in [4.78, 5) is 37.3. The lowest BCUT2D eigenvalue weighted by Crippen LogP contribution is -2.55. The van der Waals surface area contributed by atoms with Crippen LogP contribution in [-0.4, -0.2) is 129 Å². The van der Waals surface area contributed by atoms with E-state index in [0.29, 0.717) is 32.6 Å². The molecular weight excluding hydrogens is 566 g/mol. The zero-order valence-corrected chi connectivity index (χ0v) is 26.0. The summed E-state index contributed by atoms with van der Waals surface area (Å²) in [5.74, 6) is -1.40. The van der Waals surface area contributed by atoms with E-state index >= 15 is 0 Å². The standard InChI is InChI=1S/C29H55N3O11/c1-4-5-6-10-23(28(38)32-22(21(3)34)9-7-8-11-30)31-25(35)19-41-15-14-39-12-13-40-16-17-42-29-20(2)26(36)27(37)24(18-33)43-29/h20,22-24,26-27,29,33,36-37H,4-19,30H2,1-3H3,(H,31,35)(H,32,38)/t20-,22?,23+,24-,26-,27+,29-/m1/s1. The van der Waals surface area contributed by atoms with E-state index in [4.69, 9.17) is 29.4 Å². The van der Waals surface area contributed by atoms with Crippen molar-refractivity contribution in [2.24, 2.45) is 11.7 Å². The Morgan fingerprint density at radius 3 is 2.07 bits per heavy atom. The van der Waals surface area contributed by atoms with Crippen LogP contribution in [0.3, 0.4) is 0 Å². The number of ether oxygens (including phenoxy) is 5. The molecule has 1 unspecified atom stereocenters. The average molecular weight is 622 g/mol. The number of carbonyl (C=O) groups excluding carboxylic acids is 3. The molecule has 43 heavy (non-hydrogen) atoms. The summed E-state index contributed by atoms with van der Waals surface area (Å²) in [7, 11) is 0. The minimum atomic E-state index is -1.17. The molecule has 252 valence electrons. The average Bonchev–Trinajstić information content (AvgIpc) is 2.98. The first-order chi connectivity index (χ1) is 20.7. The summed E-state index contributed by atoms with van der Waals surface area (Å²) in [6.45, 7) is 6.50. The summed E-state index contributed by atoms with van der Waals surface area (Å²) >= 11 is 0. The van der Waals surface area contributed by atoms with E-state index in [9.17, 15) is 29.7 Å². The molecule has 1 aliphatic rings. The zero-order valence-electron chi connectivity index (χ0n) is 26.0. The molecule has 1 saturated heterocycles. The van der Waals surface area contributed by atoms with Gasteiger partial charge in [0.15, 0.2) is 12.1 Å². The minimum absolute atomic E-state index is 0.131. The molecule has 0 aliphatic carbocycles. The maximum atomic E-state index is 12.9. The number of nitrogens with two attached hydrogens (primary N) is 1. The maximum absolute atomic E-state index is 12.9. The summed E-state index contributed by atoms with van der Waals surface area (Å²) in [6.07, 6.45) is 1.21. The highest BCUT2D eigenvalue weighted by Crippen LogP contribution is 2.26. The predicted molar refractivity (Wildman–Crippen MR) is 157 cm³/mol. The van der Waals surface area contributed by atoms with Crippen LogP contribution in [0.15, 0.2) is 0 Å². The van der Waals surface area contributed by atoms with Gasteiger partial charge in [0.05, 0.1) is 58.4 Å². The Kier molecular flexibility index (Phi) is 21.6. The molecule has 0 aromatic rings.